The highest BCUT2D eigenvalue weighted by molar-refractivity contribution is 8.14. The molecule has 1 unspecified atom stereocenters. The third kappa shape index (κ3) is 4.16. The van der Waals surface area contributed by atoms with Gasteiger partial charge in [-0.05, 0) is 51.2 Å². The molecular formula is C14H27N3S. The molecule has 0 aromatic rings. The maximum absolute atomic E-state index is 4.72. The van der Waals surface area contributed by atoms with E-state index in [2.05, 4.69) is 31.1 Å². The fourth-order valence-corrected chi connectivity index (χ4v) is 3.78. The lowest BCUT2D eigenvalue weighted by Crippen LogP contribution is -2.32. The van der Waals surface area contributed by atoms with E-state index in [1.807, 2.05) is 11.8 Å². The van der Waals surface area contributed by atoms with Crippen molar-refractivity contribution in [1.82, 2.24) is 10.2 Å². The Hall–Kier alpha value is -0.220. The van der Waals surface area contributed by atoms with Gasteiger partial charge in [0.15, 0.2) is 5.17 Å². The Morgan fingerprint density at radius 1 is 1.39 bits per heavy atom. The van der Waals surface area contributed by atoms with E-state index in [0.717, 1.165) is 12.5 Å². The molecule has 2 aliphatic heterocycles. The van der Waals surface area contributed by atoms with Crippen molar-refractivity contribution >= 4 is 16.9 Å². The number of likely N-dealkylation sites (tertiary alicyclic amines) is 1. The number of hydrogen-bond acceptors (Lipinski definition) is 3. The number of rotatable bonds is 4. The van der Waals surface area contributed by atoms with Crippen molar-refractivity contribution in [3.05, 3.63) is 0 Å². The van der Waals surface area contributed by atoms with Crippen LogP contribution < -0.4 is 5.32 Å². The monoisotopic (exact) mass is 269 g/mol. The second-order valence-electron chi connectivity index (χ2n) is 6.03. The highest BCUT2D eigenvalue weighted by Gasteiger charge is 2.22. The molecule has 3 nitrogen and oxygen atoms in total. The molecule has 2 aliphatic rings. The van der Waals surface area contributed by atoms with Gasteiger partial charge in [0.25, 0.3) is 0 Å². The Bertz CT molecular complexity index is 283. The van der Waals surface area contributed by atoms with Gasteiger partial charge in [-0.3, -0.25) is 4.99 Å². The number of thioether (sulfide) groups is 1. The zero-order valence-corrected chi connectivity index (χ0v) is 12.8. The normalized spacial score (nSPS) is 29.1. The Labute approximate surface area is 116 Å². The van der Waals surface area contributed by atoms with Gasteiger partial charge in [0, 0.05) is 18.3 Å². The second-order valence-corrected chi connectivity index (χ2v) is 7.04. The summed E-state index contributed by atoms with van der Waals surface area (Å²) < 4.78 is 0. The van der Waals surface area contributed by atoms with Crippen molar-refractivity contribution in [3.63, 3.8) is 0 Å². The van der Waals surface area contributed by atoms with Crippen LogP contribution in [0.1, 0.15) is 33.1 Å². The van der Waals surface area contributed by atoms with Gasteiger partial charge in [0.05, 0.1) is 0 Å². The minimum absolute atomic E-state index is 0.622. The first-order valence-electron chi connectivity index (χ1n) is 7.27. The lowest BCUT2D eigenvalue weighted by atomic mass is 9.94. The average molecular weight is 269 g/mol. The first kappa shape index (κ1) is 14.2. The Morgan fingerprint density at radius 3 is 2.72 bits per heavy atom. The summed E-state index contributed by atoms with van der Waals surface area (Å²) >= 11 is 1.90. The Kier molecular flexibility index (Phi) is 5.37. The van der Waals surface area contributed by atoms with Crippen molar-refractivity contribution in [2.75, 3.05) is 32.4 Å². The van der Waals surface area contributed by atoms with Crippen LogP contribution in [0.3, 0.4) is 0 Å². The molecule has 0 amide bonds. The summed E-state index contributed by atoms with van der Waals surface area (Å²) in [6.07, 6.45) is 3.99. The van der Waals surface area contributed by atoms with Crippen LogP contribution in [0.25, 0.3) is 0 Å². The fourth-order valence-electron chi connectivity index (χ4n) is 2.56. The first-order chi connectivity index (χ1) is 8.65. The van der Waals surface area contributed by atoms with Crippen molar-refractivity contribution in [2.45, 2.75) is 39.2 Å². The van der Waals surface area contributed by atoms with Crippen LogP contribution >= 0.6 is 11.8 Å². The zero-order chi connectivity index (χ0) is 13.0. The molecule has 2 fully saturated rings. The van der Waals surface area contributed by atoms with E-state index in [1.165, 1.54) is 43.3 Å². The Balaban J connectivity index is 1.66. The number of nitrogens with one attached hydrogen (secondary N) is 1. The second kappa shape index (κ2) is 6.80. The summed E-state index contributed by atoms with van der Waals surface area (Å²) in [6.45, 7) is 8.10. The van der Waals surface area contributed by atoms with Crippen LogP contribution in [-0.2, 0) is 0 Å². The molecule has 104 valence electrons. The van der Waals surface area contributed by atoms with Gasteiger partial charge in [0.2, 0.25) is 0 Å². The third-order valence-corrected chi connectivity index (χ3v) is 5.19. The van der Waals surface area contributed by atoms with E-state index in [4.69, 9.17) is 4.99 Å². The molecule has 1 N–H and O–H groups in total. The zero-order valence-electron chi connectivity index (χ0n) is 12.0. The van der Waals surface area contributed by atoms with E-state index in [0.29, 0.717) is 12.0 Å². The number of amidine groups is 1. The van der Waals surface area contributed by atoms with Gasteiger partial charge in [0.1, 0.15) is 0 Å². The van der Waals surface area contributed by atoms with Gasteiger partial charge < -0.3 is 10.2 Å². The van der Waals surface area contributed by atoms with Crippen LogP contribution in [0.4, 0.5) is 0 Å². The van der Waals surface area contributed by atoms with Crippen molar-refractivity contribution in [2.24, 2.45) is 16.8 Å². The lowest BCUT2D eigenvalue weighted by molar-refractivity contribution is 0.214. The molecule has 4 heteroatoms. The largest absolute Gasteiger partial charge is 0.361 e. The molecule has 18 heavy (non-hydrogen) atoms. The van der Waals surface area contributed by atoms with Gasteiger partial charge in [-0.25, -0.2) is 0 Å². The van der Waals surface area contributed by atoms with Crippen LogP contribution in [0.15, 0.2) is 4.99 Å². The quantitative estimate of drug-likeness (QED) is 0.849. The van der Waals surface area contributed by atoms with Crippen LogP contribution in [0.5, 0.6) is 0 Å². The summed E-state index contributed by atoms with van der Waals surface area (Å²) in [5.41, 5.74) is 0. The maximum Gasteiger partial charge on any atom is 0.156 e. The van der Waals surface area contributed by atoms with Gasteiger partial charge in [-0.15, -0.1) is 0 Å². The first-order valence-corrected chi connectivity index (χ1v) is 8.26. The highest BCUT2D eigenvalue weighted by Crippen LogP contribution is 2.21. The number of aliphatic imine (C=N–C) groups is 1. The molecule has 0 aromatic carbocycles. The van der Waals surface area contributed by atoms with E-state index in [-0.39, 0.29) is 0 Å². The van der Waals surface area contributed by atoms with Gasteiger partial charge >= 0.3 is 0 Å². The topological polar surface area (TPSA) is 27.6 Å². The van der Waals surface area contributed by atoms with E-state index < -0.39 is 0 Å². The average Bonchev–Trinajstić information content (AvgIpc) is 2.81. The summed E-state index contributed by atoms with van der Waals surface area (Å²) in [4.78, 5) is 7.16. The summed E-state index contributed by atoms with van der Waals surface area (Å²) in [5, 5.41) is 4.72. The van der Waals surface area contributed by atoms with Crippen LogP contribution in [0.2, 0.25) is 0 Å². The fraction of sp³-hybridized carbons (Fsp3) is 0.929. The molecule has 2 heterocycles. The standard InChI is InChI=1S/C14H27N3S/c1-11(2)13-10-18-14(16-13)15-7-4-12-5-8-17(3)9-6-12/h11-13H,4-10H2,1-3H3,(H,15,16). The number of nitrogens with zero attached hydrogens (tertiary/aromatic N) is 2. The predicted octanol–water partition coefficient (Wildman–Crippen LogP) is 2.44. The molecule has 0 aliphatic carbocycles. The van der Waals surface area contributed by atoms with E-state index in [1.54, 1.807) is 0 Å². The van der Waals surface area contributed by atoms with Crippen molar-refractivity contribution < 1.29 is 0 Å². The van der Waals surface area contributed by atoms with E-state index in [9.17, 15) is 0 Å². The SMILES string of the molecule is CC(C)C1CSC(=NCCC2CCN(C)CC2)N1. The Morgan fingerprint density at radius 2 is 2.11 bits per heavy atom. The third-order valence-electron chi connectivity index (χ3n) is 4.14. The molecule has 0 radical (unpaired) electrons. The molecule has 2 saturated heterocycles. The molecule has 0 aromatic heterocycles. The minimum Gasteiger partial charge on any atom is -0.361 e. The summed E-state index contributed by atoms with van der Waals surface area (Å²) in [7, 11) is 2.22. The van der Waals surface area contributed by atoms with Crippen molar-refractivity contribution in [3.8, 4) is 0 Å². The molecule has 0 bridgehead atoms. The smallest absolute Gasteiger partial charge is 0.156 e. The highest BCUT2D eigenvalue weighted by atomic mass is 32.2. The predicted molar refractivity (Wildman–Crippen MR) is 81.4 cm³/mol. The molecule has 2 rings (SSSR count). The van der Waals surface area contributed by atoms with Gasteiger partial charge in [-0.1, -0.05) is 25.6 Å². The number of hydrogen-bond donors (Lipinski definition) is 1. The molecule has 0 spiro atoms. The number of piperidine rings is 1. The van der Waals surface area contributed by atoms with Gasteiger partial charge in [-0.2, -0.15) is 0 Å². The van der Waals surface area contributed by atoms with Crippen LogP contribution in [-0.4, -0.2) is 48.5 Å². The van der Waals surface area contributed by atoms with Crippen molar-refractivity contribution in [1.29, 1.82) is 0 Å². The summed E-state index contributed by atoms with van der Waals surface area (Å²) in [5.74, 6) is 2.79. The molecular weight excluding hydrogens is 242 g/mol. The molecule has 1 atom stereocenters. The lowest BCUT2D eigenvalue weighted by Gasteiger charge is -2.28. The minimum atomic E-state index is 0.622. The summed E-state index contributed by atoms with van der Waals surface area (Å²) in [6, 6.07) is 0.622. The van der Waals surface area contributed by atoms with Crippen LogP contribution in [0, 0.1) is 11.8 Å². The van der Waals surface area contributed by atoms with E-state index >= 15 is 0 Å². The maximum atomic E-state index is 4.72. The molecule has 0 saturated carbocycles.